The van der Waals surface area contributed by atoms with Gasteiger partial charge in [0.1, 0.15) is 23.3 Å². The average Bonchev–Trinajstić information content (AvgIpc) is 3.28. The molecule has 36 heavy (non-hydrogen) atoms. The fraction of sp³-hybridized carbons (Fsp3) is 0.250. The van der Waals surface area contributed by atoms with Crippen molar-refractivity contribution in [1.29, 1.82) is 5.26 Å². The first-order valence-electron chi connectivity index (χ1n) is 11.5. The highest BCUT2D eigenvalue weighted by Crippen LogP contribution is 2.39. The van der Waals surface area contributed by atoms with E-state index in [1.54, 1.807) is 18.2 Å². The Morgan fingerprint density at radius 1 is 1.08 bits per heavy atom. The number of hydrogen-bond donors (Lipinski definition) is 1. The molecule has 1 aliphatic rings. The number of aryl methyl sites for hydroxylation is 1. The number of nitrogens with one attached hydrogen (secondary N) is 1. The van der Waals surface area contributed by atoms with Crippen molar-refractivity contribution in [2.45, 2.75) is 32.3 Å². The molecule has 0 atom stereocenters. The highest BCUT2D eigenvalue weighted by atomic mass is 32.1. The number of fused-ring (bicyclic) bond motifs is 1. The summed E-state index contributed by atoms with van der Waals surface area (Å²) in [5, 5.41) is 12.9. The maximum atomic E-state index is 13.0. The van der Waals surface area contributed by atoms with E-state index in [4.69, 9.17) is 14.2 Å². The lowest BCUT2D eigenvalue weighted by Gasteiger charge is -2.12. The van der Waals surface area contributed by atoms with E-state index >= 15 is 0 Å². The first-order chi connectivity index (χ1) is 17.5. The van der Waals surface area contributed by atoms with Crippen LogP contribution in [0.15, 0.2) is 54.1 Å². The quantitative estimate of drug-likeness (QED) is 0.247. The van der Waals surface area contributed by atoms with Gasteiger partial charge in [-0.3, -0.25) is 4.79 Å². The zero-order valence-corrected chi connectivity index (χ0v) is 20.9. The third kappa shape index (κ3) is 5.58. The van der Waals surface area contributed by atoms with Crippen molar-refractivity contribution >= 4 is 34.3 Å². The highest BCUT2D eigenvalue weighted by molar-refractivity contribution is 7.17. The van der Waals surface area contributed by atoms with Crippen molar-refractivity contribution < 1.29 is 23.8 Å². The van der Waals surface area contributed by atoms with Gasteiger partial charge < -0.3 is 19.5 Å². The number of thiophene rings is 1. The molecule has 1 N–H and O–H groups in total. The molecule has 1 heterocycles. The average molecular weight is 503 g/mol. The molecule has 184 valence electrons. The SMILES string of the molecule is COC(=O)c1c(NC(=O)/C(C#N)=C/c2ccc(OCc3ccccc3)c(OC)c2)sc2c1CCCC2. The molecule has 0 aliphatic heterocycles. The number of benzene rings is 2. The maximum absolute atomic E-state index is 13.0. The van der Waals surface area contributed by atoms with Gasteiger partial charge in [0, 0.05) is 4.88 Å². The largest absolute Gasteiger partial charge is 0.493 e. The Kier molecular flexibility index (Phi) is 8.03. The fourth-order valence-electron chi connectivity index (χ4n) is 4.09. The number of carbonyl (C=O) groups is 2. The lowest BCUT2D eigenvalue weighted by Crippen LogP contribution is -2.16. The van der Waals surface area contributed by atoms with Gasteiger partial charge in [-0.1, -0.05) is 36.4 Å². The van der Waals surface area contributed by atoms with Gasteiger partial charge in [0.05, 0.1) is 19.8 Å². The van der Waals surface area contributed by atoms with Gasteiger partial charge in [0.2, 0.25) is 0 Å². The van der Waals surface area contributed by atoms with Crippen LogP contribution < -0.4 is 14.8 Å². The first kappa shape index (κ1) is 25.0. The monoisotopic (exact) mass is 502 g/mol. The summed E-state index contributed by atoms with van der Waals surface area (Å²) in [6.45, 7) is 0.381. The number of amides is 1. The van der Waals surface area contributed by atoms with Crippen molar-refractivity contribution in [1.82, 2.24) is 0 Å². The van der Waals surface area contributed by atoms with Crippen molar-refractivity contribution in [2.24, 2.45) is 0 Å². The van der Waals surface area contributed by atoms with Crippen LogP contribution in [0.5, 0.6) is 11.5 Å². The minimum atomic E-state index is -0.593. The van der Waals surface area contributed by atoms with Crippen molar-refractivity contribution in [2.75, 3.05) is 19.5 Å². The third-order valence-corrected chi connectivity index (χ3v) is 7.10. The van der Waals surface area contributed by atoms with Crippen LogP contribution in [0.1, 0.15) is 44.8 Å². The van der Waals surface area contributed by atoms with E-state index in [1.165, 1.54) is 31.6 Å². The van der Waals surface area contributed by atoms with Gasteiger partial charge in [0.25, 0.3) is 5.91 Å². The van der Waals surface area contributed by atoms with Gasteiger partial charge in [-0.25, -0.2) is 4.79 Å². The zero-order chi connectivity index (χ0) is 25.5. The van der Waals surface area contributed by atoms with E-state index in [0.717, 1.165) is 41.7 Å². The lowest BCUT2D eigenvalue weighted by atomic mass is 9.95. The van der Waals surface area contributed by atoms with E-state index < -0.39 is 11.9 Å². The summed E-state index contributed by atoms with van der Waals surface area (Å²) < 4.78 is 16.3. The Labute approximate surface area is 213 Å². The third-order valence-electron chi connectivity index (χ3n) is 5.89. The number of ether oxygens (including phenoxy) is 3. The number of methoxy groups -OCH3 is 2. The van der Waals surface area contributed by atoms with Gasteiger partial charge in [-0.05, 0) is 60.6 Å². The predicted octanol–water partition coefficient (Wildman–Crippen LogP) is 5.55. The first-order valence-corrected chi connectivity index (χ1v) is 12.4. The molecule has 1 amide bonds. The van der Waals surface area contributed by atoms with Crippen molar-refractivity contribution in [3.8, 4) is 17.6 Å². The number of nitrogens with zero attached hydrogens (tertiary/aromatic N) is 1. The summed E-state index contributed by atoms with van der Waals surface area (Å²) in [5.41, 5.74) is 2.85. The molecule has 0 radical (unpaired) electrons. The summed E-state index contributed by atoms with van der Waals surface area (Å²) in [6, 6.07) is 16.9. The second-order valence-corrected chi connectivity index (χ2v) is 9.32. The van der Waals surface area contributed by atoms with Crippen LogP contribution in [-0.2, 0) is 29.0 Å². The minimum absolute atomic E-state index is 0.0998. The number of rotatable bonds is 8. The van der Waals surface area contributed by atoms with Gasteiger partial charge >= 0.3 is 5.97 Å². The topological polar surface area (TPSA) is 97.7 Å². The Bertz CT molecular complexity index is 1340. The standard InChI is InChI=1S/C28H26N2O5S/c1-33-23-15-19(12-13-22(23)35-17-18-8-4-3-5-9-18)14-20(16-29)26(31)30-27-25(28(32)34-2)21-10-6-7-11-24(21)36-27/h3-5,8-9,12-15H,6-7,10-11,17H2,1-2H3,(H,30,31)/b20-14+. The van der Waals surface area contributed by atoms with E-state index in [0.29, 0.717) is 34.2 Å². The number of esters is 1. The molecular formula is C28H26N2O5S. The molecule has 3 aromatic rings. The molecule has 7 nitrogen and oxygen atoms in total. The van der Waals surface area contributed by atoms with Gasteiger partial charge in [-0.15, -0.1) is 11.3 Å². The van der Waals surface area contributed by atoms with Crippen LogP contribution in [0.4, 0.5) is 5.00 Å². The van der Waals surface area contributed by atoms with Crippen LogP contribution >= 0.6 is 11.3 Å². The van der Waals surface area contributed by atoms with Crippen LogP contribution in [-0.4, -0.2) is 26.1 Å². The van der Waals surface area contributed by atoms with E-state index in [1.807, 2.05) is 36.4 Å². The molecule has 4 rings (SSSR count). The second kappa shape index (κ2) is 11.6. The molecule has 1 aliphatic carbocycles. The van der Waals surface area contributed by atoms with E-state index in [2.05, 4.69) is 5.32 Å². The Balaban J connectivity index is 1.54. The van der Waals surface area contributed by atoms with E-state index in [9.17, 15) is 14.9 Å². The molecular weight excluding hydrogens is 476 g/mol. The smallest absolute Gasteiger partial charge is 0.341 e. The highest BCUT2D eigenvalue weighted by Gasteiger charge is 2.27. The molecule has 8 heteroatoms. The second-order valence-electron chi connectivity index (χ2n) is 8.22. The van der Waals surface area contributed by atoms with Gasteiger partial charge in [0.15, 0.2) is 11.5 Å². The fourth-order valence-corrected chi connectivity index (χ4v) is 5.36. The predicted molar refractivity (Wildman–Crippen MR) is 138 cm³/mol. The summed E-state index contributed by atoms with van der Waals surface area (Å²) in [5.74, 6) is -0.0442. The molecule has 0 bridgehead atoms. The van der Waals surface area contributed by atoms with Crippen LogP contribution in [0.2, 0.25) is 0 Å². The minimum Gasteiger partial charge on any atom is -0.493 e. The number of anilines is 1. The Morgan fingerprint density at radius 3 is 2.58 bits per heavy atom. The zero-order valence-electron chi connectivity index (χ0n) is 20.1. The number of carbonyl (C=O) groups excluding carboxylic acids is 2. The van der Waals surface area contributed by atoms with E-state index in [-0.39, 0.29) is 5.57 Å². The van der Waals surface area contributed by atoms with Crippen LogP contribution in [0.25, 0.3) is 6.08 Å². The van der Waals surface area contributed by atoms with Crippen LogP contribution in [0, 0.1) is 11.3 Å². The molecule has 0 spiro atoms. The summed E-state index contributed by atoms with van der Waals surface area (Å²) in [7, 11) is 2.85. The lowest BCUT2D eigenvalue weighted by molar-refractivity contribution is -0.112. The number of hydrogen-bond acceptors (Lipinski definition) is 7. The Morgan fingerprint density at radius 2 is 1.86 bits per heavy atom. The normalized spacial score (nSPS) is 12.8. The number of nitriles is 1. The Hall–Kier alpha value is -4.09. The molecule has 0 saturated carbocycles. The molecule has 0 unspecified atom stereocenters. The molecule has 0 saturated heterocycles. The maximum Gasteiger partial charge on any atom is 0.341 e. The van der Waals surface area contributed by atoms with Crippen LogP contribution in [0.3, 0.4) is 0 Å². The molecule has 0 fully saturated rings. The molecule has 1 aromatic heterocycles. The molecule has 2 aromatic carbocycles. The van der Waals surface area contributed by atoms with Crippen molar-refractivity contribution in [3.05, 3.63) is 81.2 Å². The van der Waals surface area contributed by atoms with Crippen molar-refractivity contribution in [3.63, 3.8) is 0 Å². The summed E-state index contributed by atoms with van der Waals surface area (Å²) in [6.07, 6.45) is 5.13. The van der Waals surface area contributed by atoms with Gasteiger partial charge in [-0.2, -0.15) is 5.26 Å². The summed E-state index contributed by atoms with van der Waals surface area (Å²) >= 11 is 1.37. The summed E-state index contributed by atoms with van der Waals surface area (Å²) in [4.78, 5) is 26.5.